The highest BCUT2D eigenvalue weighted by atomic mass is 15.2. The first-order valence-corrected chi connectivity index (χ1v) is 15.6. The largest absolute Gasteiger partial charge is 0.312 e. The molecule has 1 aromatic heterocycles. The first-order chi connectivity index (χ1) is 21.9. The van der Waals surface area contributed by atoms with E-state index in [2.05, 4.69) is 130 Å². The second-order valence-corrected chi connectivity index (χ2v) is 12.9. The average molecular weight is 583 g/mol. The van der Waals surface area contributed by atoms with Crippen LogP contribution in [0.25, 0.3) is 28.3 Å². The van der Waals surface area contributed by atoms with Gasteiger partial charge in [-0.2, -0.15) is 0 Å². The molecule has 45 heavy (non-hydrogen) atoms. The van der Waals surface area contributed by atoms with Crippen molar-refractivity contribution in [3.05, 3.63) is 167 Å². The molecule has 0 amide bonds. The molecule has 5 aromatic carbocycles. The van der Waals surface area contributed by atoms with E-state index < -0.39 is 0 Å². The molecule has 218 valence electrons. The molecule has 2 aliphatic rings. The molecule has 4 nitrogen and oxygen atoms in total. The number of nitrogens with zero attached hydrogens (tertiary/aromatic N) is 4. The van der Waals surface area contributed by atoms with Gasteiger partial charge < -0.3 is 4.90 Å². The number of anilines is 2. The number of aromatic nitrogens is 3. The van der Waals surface area contributed by atoms with Crippen LogP contribution in [0.4, 0.5) is 11.4 Å². The molecule has 0 saturated heterocycles. The third-order valence-corrected chi connectivity index (χ3v) is 9.48. The van der Waals surface area contributed by atoms with E-state index in [0.717, 1.165) is 22.3 Å². The lowest BCUT2D eigenvalue weighted by atomic mass is 9.72. The van der Waals surface area contributed by atoms with Crippen molar-refractivity contribution in [2.45, 2.75) is 38.5 Å². The molecule has 1 aliphatic heterocycles. The Hall–Kier alpha value is -5.35. The summed E-state index contributed by atoms with van der Waals surface area (Å²) in [7, 11) is 0. The SMILES string of the molecule is CC1(C)C(N2c3ccccc3C(C)(C)c3ccccc32)=C(c2nc(-c3ccccc3)nc(-c3ccccc3)n2)c2ccccc21. The monoisotopic (exact) mass is 582 g/mol. The van der Waals surface area contributed by atoms with Gasteiger partial charge in [-0.1, -0.05) is 149 Å². The Labute approximate surface area is 264 Å². The van der Waals surface area contributed by atoms with Gasteiger partial charge in [0, 0.05) is 44.6 Å². The first-order valence-electron chi connectivity index (χ1n) is 15.6. The van der Waals surface area contributed by atoms with Crippen LogP contribution in [-0.2, 0) is 10.8 Å². The van der Waals surface area contributed by atoms with Crippen LogP contribution < -0.4 is 4.90 Å². The number of hydrogen-bond acceptors (Lipinski definition) is 4. The molecule has 0 fully saturated rings. The summed E-state index contributed by atoms with van der Waals surface area (Å²) in [6.07, 6.45) is 0. The Bertz CT molecular complexity index is 2000. The highest BCUT2D eigenvalue weighted by Gasteiger charge is 2.46. The Kier molecular flexibility index (Phi) is 6.11. The first kappa shape index (κ1) is 27.2. The zero-order valence-electron chi connectivity index (χ0n) is 26.0. The lowest BCUT2D eigenvalue weighted by molar-refractivity contribution is 0.598. The predicted molar refractivity (Wildman–Crippen MR) is 183 cm³/mol. The topological polar surface area (TPSA) is 41.9 Å². The second kappa shape index (κ2) is 10.1. The smallest absolute Gasteiger partial charge is 0.166 e. The van der Waals surface area contributed by atoms with E-state index in [9.17, 15) is 0 Å². The van der Waals surface area contributed by atoms with Gasteiger partial charge in [0.15, 0.2) is 17.5 Å². The molecule has 0 radical (unpaired) electrons. The van der Waals surface area contributed by atoms with Crippen molar-refractivity contribution in [3.63, 3.8) is 0 Å². The Morgan fingerprint density at radius 3 is 1.38 bits per heavy atom. The van der Waals surface area contributed by atoms with Crippen molar-refractivity contribution in [2.24, 2.45) is 0 Å². The van der Waals surface area contributed by atoms with E-state index in [0.29, 0.717) is 17.5 Å². The summed E-state index contributed by atoms with van der Waals surface area (Å²) < 4.78 is 0. The molecule has 0 N–H and O–H groups in total. The van der Waals surface area contributed by atoms with Gasteiger partial charge in [0.2, 0.25) is 0 Å². The number of benzene rings is 5. The van der Waals surface area contributed by atoms with Crippen LogP contribution in [0.3, 0.4) is 0 Å². The van der Waals surface area contributed by atoms with Gasteiger partial charge in [0.1, 0.15) is 0 Å². The normalized spacial score (nSPS) is 15.8. The number of rotatable bonds is 4. The predicted octanol–water partition coefficient (Wildman–Crippen LogP) is 9.73. The molecule has 0 bridgehead atoms. The summed E-state index contributed by atoms with van der Waals surface area (Å²) in [6.45, 7) is 9.32. The molecular formula is C41H34N4. The zero-order chi connectivity index (χ0) is 30.8. The quantitative estimate of drug-likeness (QED) is 0.207. The van der Waals surface area contributed by atoms with Gasteiger partial charge in [-0.05, 0) is 34.4 Å². The summed E-state index contributed by atoms with van der Waals surface area (Å²) in [4.78, 5) is 18.0. The molecule has 0 atom stereocenters. The Balaban J connectivity index is 1.48. The van der Waals surface area contributed by atoms with E-state index in [1.54, 1.807) is 0 Å². The minimum absolute atomic E-state index is 0.159. The lowest BCUT2D eigenvalue weighted by Gasteiger charge is -2.45. The van der Waals surface area contributed by atoms with Gasteiger partial charge in [-0.15, -0.1) is 0 Å². The van der Waals surface area contributed by atoms with Gasteiger partial charge in [0.05, 0.1) is 0 Å². The minimum Gasteiger partial charge on any atom is -0.312 e. The molecule has 8 rings (SSSR count). The van der Waals surface area contributed by atoms with Gasteiger partial charge in [0.25, 0.3) is 0 Å². The van der Waals surface area contributed by atoms with Crippen molar-refractivity contribution < 1.29 is 0 Å². The van der Waals surface area contributed by atoms with Crippen molar-refractivity contribution in [2.75, 3.05) is 4.90 Å². The molecule has 4 heteroatoms. The maximum atomic E-state index is 5.25. The zero-order valence-corrected chi connectivity index (χ0v) is 26.0. The van der Waals surface area contributed by atoms with Crippen LogP contribution in [0.15, 0.2) is 139 Å². The molecule has 0 spiro atoms. The van der Waals surface area contributed by atoms with Crippen molar-refractivity contribution in [1.82, 2.24) is 15.0 Å². The standard InChI is InChI=1S/C41H34N4/c1-40(2)31-23-13-15-25-33(31)45(34-26-16-14-24-32(34)40)36-35(29-21-11-12-22-30(29)41(36,3)4)39-43-37(27-17-7-5-8-18-27)42-38(44-39)28-19-9-6-10-20-28/h5-26H,1-4H3. The minimum atomic E-state index is -0.347. The van der Waals surface area contributed by atoms with E-state index >= 15 is 0 Å². The average Bonchev–Trinajstić information content (AvgIpc) is 3.32. The number of allylic oxidation sites excluding steroid dienone is 1. The number of fused-ring (bicyclic) bond motifs is 3. The van der Waals surface area contributed by atoms with E-state index in [4.69, 9.17) is 15.0 Å². The fraction of sp³-hybridized carbons (Fsp3) is 0.146. The van der Waals surface area contributed by atoms with E-state index in [1.165, 1.54) is 33.8 Å². The number of hydrogen-bond donors (Lipinski definition) is 0. The summed E-state index contributed by atoms with van der Waals surface area (Å²) in [6, 6.07) is 46.8. The highest BCUT2D eigenvalue weighted by molar-refractivity contribution is 5.95. The third kappa shape index (κ3) is 4.16. The fourth-order valence-electron chi connectivity index (χ4n) is 7.26. The maximum Gasteiger partial charge on any atom is 0.166 e. The van der Waals surface area contributed by atoms with E-state index in [-0.39, 0.29) is 10.8 Å². The van der Waals surface area contributed by atoms with Crippen molar-refractivity contribution in [1.29, 1.82) is 0 Å². The number of para-hydroxylation sites is 2. The third-order valence-electron chi connectivity index (χ3n) is 9.48. The summed E-state index contributed by atoms with van der Waals surface area (Å²) >= 11 is 0. The van der Waals surface area contributed by atoms with Crippen LogP contribution in [0, 0.1) is 0 Å². The van der Waals surface area contributed by atoms with Crippen molar-refractivity contribution in [3.8, 4) is 22.8 Å². The fourth-order valence-corrected chi connectivity index (χ4v) is 7.26. The van der Waals surface area contributed by atoms with Crippen LogP contribution in [0.1, 0.15) is 55.8 Å². The van der Waals surface area contributed by atoms with Crippen LogP contribution >= 0.6 is 0 Å². The molecular weight excluding hydrogens is 548 g/mol. The van der Waals surface area contributed by atoms with Gasteiger partial charge >= 0.3 is 0 Å². The molecule has 2 heterocycles. The summed E-state index contributed by atoms with van der Waals surface area (Å²) in [5.41, 5.74) is 11.0. The lowest BCUT2D eigenvalue weighted by Crippen LogP contribution is -2.37. The van der Waals surface area contributed by atoms with Gasteiger partial charge in [-0.25, -0.2) is 15.0 Å². The summed E-state index contributed by atoms with van der Waals surface area (Å²) in [5.74, 6) is 2.00. The second-order valence-electron chi connectivity index (χ2n) is 12.9. The highest BCUT2D eigenvalue weighted by Crippen LogP contribution is 2.57. The van der Waals surface area contributed by atoms with Crippen LogP contribution in [0.5, 0.6) is 0 Å². The molecule has 0 saturated carbocycles. The van der Waals surface area contributed by atoms with Crippen LogP contribution in [-0.4, -0.2) is 15.0 Å². The van der Waals surface area contributed by atoms with Gasteiger partial charge in [-0.3, -0.25) is 0 Å². The van der Waals surface area contributed by atoms with Crippen LogP contribution in [0.2, 0.25) is 0 Å². The molecule has 1 aliphatic carbocycles. The van der Waals surface area contributed by atoms with E-state index in [1.807, 2.05) is 36.4 Å². The molecule has 0 unspecified atom stereocenters. The summed E-state index contributed by atoms with van der Waals surface area (Å²) in [5, 5.41) is 0. The Morgan fingerprint density at radius 2 is 0.844 bits per heavy atom. The maximum absolute atomic E-state index is 5.25. The van der Waals surface area contributed by atoms with Crippen molar-refractivity contribution >= 4 is 16.9 Å². The molecule has 6 aromatic rings. The Morgan fingerprint density at radius 1 is 0.422 bits per heavy atom.